The summed E-state index contributed by atoms with van der Waals surface area (Å²) >= 11 is 3.13. The van der Waals surface area contributed by atoms with E-state index in [0.29, 0.717) is 18.2 Å². The monoisotopic (exact) mass is 342 g/mol. The maximum absolute atomic E-state index is 12.0. The number of para-hydroxylation sites is 1. The van der Waals surface area contributed by atoms with E-state index in [-0.39, 0.29) is 5.91 Å². The summed E-state index contributed by atoms with van der Waals surface area (Å²) in [6.07, 6.45) is 0. The van der Waals surface area contributed by atoms with Crippen LogP contribution < -0.4 is 5.32 Å². The van der Waals surface area contributed by atoms with E-state index in [0.717, 1.165) is 14.6 Å². The van der Waals surface area contributed by atoms with Crippen molar-refractivity contribution >= 4 is 39.2 Å². The molecular formula is C18H18N2OS2. The molecule has 1 aromatic heterocycles. The van der Waals surface area contributed by atoms with Crippen LogP contribution in [0.15, 0.2) is 58.9 Å². The number of hydrogen-bond donors (Lipinski definition) is 1. The molecule has 0 fully saturated rings. The Morgan fingerprint density at radius 1 is 1.17 bits per heavy atom. The molecule has 1 heterocycles. The lowest BCUT2D eigenvalue weighted by Crippen LogP contribution is -2.28. The van der Waals surface area contributed by atoms with Gasteiger partial charge in [0.15, 0.2) is 4.34 Å². The second-order valence-corrected chi connectivity index (χ2v) is 7.61. The number of fused-ring (bicyclic) bond motifs is 1. The Morgan fingerprint density at radius 2 is 1.91 bits per heavy atom. The summed E-state index contributed by atoms with van der Waals surface area (Å²) in [5, 5.41) is 3.00. The molecule has 0 aliphatic heterocycles. The molecule has 0 saturated heterocycles. The van der Waals surface area contributed by atoms with Gasteiger partial charge in [-0.2, -0.15) is 0 Å². The largest absolute Gasteiger partial charge is 0.355 e. The van der Waals surface area contributed by atoms with Crippen molar-refractivity contribution in [3.8, 4) is 0 Å². The van der Waals surface area contributed by atoms with Gasteiger partial charge >= 0.3 is 0 Å². The Balaban J connectivity index is 1.48. The number of carbonyl (C=O) groups excluding carboxylic acids is 1. The van der Waals surface area contributed by atoms with Gasteiger partial charge in [-0.15, -0.1) is 11.3 Å². The quantitative estimate of drug-likeness (QED) is 0.679. The molecule has 0 bridgehead atoms. The molecule has 2 aromatic carbocycles. The van der Waals surface area contributed by atoms with Crippen LogP contribution in [0.1, 0.15) is 18.4 Å². The molecule has 0 radical (unpaired) electrons. The van der Waals surface area contributed by atoms with Crippen LogP contribution in [0.4, 0.5) is 0 Å². The van der Waals surface area contributed by atoms with Gasteiger partial charge in [0.2, 0.25) is 5.91 Å². The molecule has 3 rings (SSSR count). The van der Waals surface area contributed by atoms with Gasteiger partial charge in [0.05, 0.1) is 16.0 Å². The van der Waals surface area contributed by atoms with Crippen molar-refractivity contribution in [2.24, 2.45) is 0 Å². The van der Waals surface area contributed by atoms with Crippen molar-refractivity contribution in [1.29, 1.82) is 0 Å². The van der Waals surface area contributed by atoms with Gasteiger partial charge < -0.3 is 5.32 Å². The van der Waals surface area contributed by atoms with Crippen LogP contribution >= 0.6 is 23.1 Å². The maximum atomic E-state index is 12.0. The van der Waals surface area contributed by atoms with Gasteiger partial charge in [-0.05, 0) is 23.6 Å². The molecule has 3 aromatic rings. The predicted molar refractivity (Wildman–Crippen MR) is 98.2 cm³/mol. The summed E-state index contributed by atoms with van der Waals surface area (Å²) < 4.78 is 2.10. The molecular weight excluding hydrogens is 324 g/mol. The average molecular weight is 342 g/mol. The predicted octanol–water partition coefficient (Wildman–Crippen LogP) is 4.31. The first-order valence-corrected chi connectivity index (χ1v) is 9.32. The molecule has 3 nitrogen and oxygen atoms in total. The fourth-order valence-corrected chi connectivity index (χ4v) is 4.16. The highest BCUT2D eigenvalue weighted by molar-refractivity contribution is 8.01. The minimum absolute atomic E-state index is 0.0528. The third-order valence-electron chi connectivity index (χ3n) is 3.58. The van der Waals surface area contributed by atoms with Crippen LogP contribution in [0.3, 0.4) is 0 Å². The summed E-state index contributed by atoms with van der Waals surface area (Å²) in [4.78, 5) is 16.5. The SMILES string of the molecule is C[C@@H](CNC(=O)CSc1nc2ccccc2s1)c1ccccc1. The Hall–Kier alpha value is -1.85. The van der Waals surface area contributed by atoms with Crippen LogP contribution in [-0.4, -0.2) is 23.2 Å². The van der Waals surface area contributed by atoms with Crippen LogP contribution in [0, 0.1) is 0 Å². The Morgan fingerprint density at radius 3 is 2.70 bits per heavy atom. The zero-order valence-electron chi connectivity index (χ0n) is 12.9. The van der Waals surface area contributed by atoms with Gasteiger partial charge in [-0.25, -0.2) is 4.98 Å². The number of amides is 1. The third kappa shape index (κ3) is 4.33. The topological polar surface area (TPSA) is 42.0 Å². The Kier molecular flexibility index (Phi) is 5.31. The number of nitrogens with one attached hydrogen (secondary N) is 1. The lowest BCUT2D eigenvalue weighted by molar-refractivity contribution is -0.118. The zero-order valence-corrected chi connectivity index (χ0v) is 14.5. The minimum Gasteiger partial charge on any atom is -0.355 e. The van der Waals surface area contributed by atoms with Crippen molar-refractivity contribution in [2.75, 3.05) is 12.3 Å². The number of carbonyl (C=O) groups is 1. The van der Waals surface area contributed by atoms with E-state index in [4.69, 9.17) is 0 Å². The zero-order chi connectivity index (χ0) is 16.1. The van der Waals surface area contributed by atoms with E-state index in [2.05, 4.69) is 35.4 Å². The minimum atomic E-state index is 0.0528. The van der Waals surface area contributed by atoms with Crippen molar-refractivity contribution < 1.29 is 4.79 Å². The van der Waals surface area contributed by atoms with E-state index in [1.807, 2.05) is 36.4 Å². The second-order valence-electron chi connectivity index (χ2n) is 5.35. The summed E-state index contributed by atoms with van der Waals surface area (Å²) in [5.74, 6) is 0.770. The molecule has 0 saturated carbocycles. The van der Waals surface area contributed by atoms with E-state index < -0.39 is 0 Å². The molecule has 23 heavy (non-hydrogen) atoms. The molecule has 0 unspecified atom stereocenters. The van der Waals surface area contributed by atoms with Gasteiger partial charge in [0, 0.05) is 6.54 Å². The fourth-order valence-electron chi connectivity index (χ4n) is 2.26. The van der Waals surface area contributed by atoms with Gasteiger partial charge in [-0.3, -0.25) is 4.79 Å². The first kappa shape index (κ1) is 16.0. The molecule has 1 atom stereocenters. The van der Waals surface area contributed by atoms with E-state index in [1.165, 1.54) is 17.3 Å². The molecule has 0 spiro atoms. The summed E-state index contributed by atoms with van der Waals surface area (Å²) in [6.45, 7) is 2.78. The lowest BCUT2D eigenvalue weighted by Gasteiger charge is -2.12. The van der Waals surface area contributed by atoms with Crippen LogP contribution in [0.5, 0.6) is 0 Å². The normalized spacial score (nSPS) is 12.2. The lowest BCUT2D eigenvalue weighted by atomic mass is 10.0. The van der Waals surface area contributed by atoms with Crippen molar-refractivity contribution in [3.05, 3.63) is 60.2 Å². The fraction of sp³-hybridized carbons (Fsp3) is 0.222. The van der Waals surface area contributed by atoms with Crippen molar-refractivity contribution in [1.82, 2.24) is 10.3 Å². The number of aromatic nitrogens is 1. The molecule has 118 valence electrons. The van der Waals surface area contributed by atoms with E-state index in [9.17, 15) is 4.79 Å². The molecule has 0 aliphatic rings. The average Bonchev–Trinajstić information content (AvgIpc) is 3.01. The highest BCUT2D eigenvalue weighted by Gasteiger charge is 2.10. The number of thioether (sulfide) groups is 1. The third-order valence-corrected chi connectivity index (χ3v) is 5.75. The number of nitrogens with zero attached hydrogens (tertiary/aromatic N) is 1. The highest BCUT2D eigenvalue weighted by atomic mass is 32.2. The van der Waals surface area contributed by atoms with Crippen LogP contribution in [0.25, 0.3) is 10.2 Å². The number of rotatable bonds is 6. The van der Waals surface area contributed by atoms with E-state index >= 15 is 0 Å². The standard InChI is InChI=1S/C18H18N2OS2/c1-13(14-7-3-2-4-8-14)11-19-17(21)12-22-18-20-15-9-5-6-10-16(15)23-18/h2-10,13H,11-12H2,1H3,(H,19,21)/t13-/m0/s1. The smallest absolute Gasteiger partial charge is 0.230 e. The van der Waals surface area contributed by atoms with Crippen molar-refractivity contribution in [2.45, 2.75) is 17.2 Å². The first-order valence-electron chi connectivity index (χ1n) is 7.52. The highest BCUT2D eigenvalue weighted by Crippen LogP contribution is 2.29. The Labute approximate surface area is 144 Å². The summed E-state index contributed by atoms with van der Waals surface area (Å²) in [7, 11) is 0. The number of benzene rings is 2. The number of hydrogen-bond acceptors (Lipinski definition) is 4. The molecule has 1 N–H and O–H groups in total. The van der Waals surface area contributed by atoms with Gasteiger partial charge in [-0.1, -0.05) is 61.2 Å². The summed E-state index contributed by atoms with van der Waals surface area (Å²) in [6, 6.07) is 18.3. The van der Waals surface area contributed by atoms with Gasteiger partial charge in [0.25, 0.3) is 0 Å². The van der Waals surface area contributed by atoms with E-state index in [1.54, 1.807) is 11.3 Å². The van der Waals surface area contributed by atoms with Crippen LogP contribution in [-0.2, 0) is 4.79 Å². The first-order chi connectivity index (χ1) is 11.2. The molecule has 1 amide bonds. The summed E-state index contributed by atoms with van der Waals surface area (Å²) in [5.41, 5.74) is 2.24. The second kappa shape index (κ2) is 7.62. The van der Waals surface area contributed by atoms with Crippen LogP contribution in [0.2, 0.25) is 0 Å². The molecule has 0 aliphatic carbocycles. The number of thiazole rings is 1. The van der Waals surface area contributed by atoms with Gasteiger partial charge in [0.1, 0.15) is 0 Å². The van der Waals surface area contributed by atoms with Crippen molar-refractivity contribution in [3.63, 3.8) is 0 Å². The maximum Gasteiger partial charge on any atom is 0.230 e. The molecule has 5 heteroatoms. The Bertz CT molecular complexity index is 753.